The first kappa shape index (κ1) is 21.6. The molecule has 148 valence electrons. The molecule has 0 saturated heterocycles. The summed E-state index contributed by atoms with van der Waals surface area (Å²) in [5.41, 5.74) is 6.11. The quantitative estimate of drug-likeness (QED) is 0.670. The maximum Gasteiger partial charge on any atom is 0.307 e. The van der Waals surface area contributed by atoms with Crippen molar-refractivity contribution in [3.05, 3.63) is 52.6 Å². The summed E-state index contributed by atoms with van der Waals surface area (Å²) in [7, 11) is 0. The molecular formula is C25H30O3. The van der Waals surface area contributed by atoms with Crippen molar-refractivity contribution in [2.24, 2.45) is 0 Å². The molecule has 0 saturated carbocycles. The van der Waals surface area contributed by atoms with Crippen LogP contribution in [0.5, 0.6) is 5.75 Å². The lowest BCUT2D eigenvalue weighted by Crippen LogP contribution is -2.18. The average Bonchev–Trinajstić information content (AvgIpc) is 2.57. The van der Waals surface area contributed by atoms with E-state index in [1.165, 1.54) is 0 Å². The third kappa shape index (κ3) is 4.95. The lowest BCUT2D eigenvalue weighted by Gasteiger charge is -2.28. The van der Waals surface area contributed by atoms with E-state index in [9.17, 15) is 4.79 Å². The van der Waals surface area contributed by atoms with Crippen LogP contribution in [0.2, 0.25) is 0 Å². The maximum atomic E-state index is 10.9. The van der Waals surface area contributed by atoms with Crippen LogP contribution in [0.4, 0.5) is 0 Å². The molecular weight excluding hydrogens is 348 g/mol. The Balaban J connectivity index is 2.69. The van der Waals surface area contributed by atoms with Crippen molar-refractivity contribution >= 4 is 5.97 Å². The number of hydrogen-bond acceptors (Lipinski definition) is 2. The summed E-state index contributed by atoms with van der Waals surface area (Å²) in [5, 5.41) is 8.99. The van der Waals surface area contributed by atoms with E-state index in [-0.39, 0.29) is 17.9 Å². The van der Waals surface area contributed by atoms with Crippen LogP contribution in [0.3, 0.4) is 0 Å². The van der Waals surface area contributed by atoms with E-state index in [4.69, 9.17) is 16.3 Å². The molecule has 2 aromatic carbocycles. The van der Waals surface area contributed by atoms with Crippen molar-refractivity contribution in [1.29, 1.82) is 0 Å². The number of terminal acetylenes is 1. The van der Waals surface area contributed by atoms with Crippen LogP contribution in [-0.2, 0) is 23.1 Å². The minimum Gasteiger partial charge on any atom is -0.490 e. The van der Waals surface area contributed by atoms with Gasteiger partial charge in [0.15, 0.2) is 0 Å². The zero-order valence-electron chi connectivity index (χ0n) is 17.7. The van der Waals surface area contributed by atoms with Gasteiger partial charge in [-0.1, -0.05) is 45.0 Å². The second kappa shape index (κ2) is 8.52. The number of rotatable bonds is 6. The molecule has 0 atom stereocenters. The molecule has 0 heterocycles. The molecule has 0 aliphatic carbocycles. The molecule has 0 aliphatic rings. The Bertz CT molecular complexity index is 891. The first-order chi connectivity index (χ1) is 13.0. The second-order valence-electron chi connectivity index (χ2n) is 8.47. The van der Waals surface area contributed by atoms with Crippen LogP contribution in [-0.4, -0.2) is 17.2 Å². The summed E-state index contributed by atoms with van der Waals surface area (Å²) in [6, 6.07) is 9.91. The Morgan fingerprint density at radius 2 is 1.82 bits per heavy atom. The molecule has 0 amide bonds. The molecule has 0 fully saturated rings. The third-order valence-electron chi connectivity index (χ3n) is 4.72. The topological polar surface area (TPSA) is 46.5 Å². The van der Waals surface area contributed by atoms with Gasteiger partial charge < -0.3 is 9.84 Å². The molecule has 3 heteroatoms. The Kier molecular flexibility index (Phi) is 6.56. The Morgan fingerprint density at radius 1 is 1.21 bits per heavy atom. The third-order valence-corrected chi connectivity index (χ3v) is 4.72. The lowest BCUT2D eigenvalue weighted by atomic mass is 9.80. The normalized spacial score (nSPS) is 11.4. The van der Waals surface area contributed by atoms with Crippen LogP contribution in [0.25, 0.3) is 11.1 Å². The minimum absolute atomic E-state index is 0.0238. The van der Waals surface area contributed by atoms with Crippen molar-refractivity contribution < 1.29 is 14.6 Å². The molecule has 0 bridgehead atoms. The van der Waals surface area contributed by atoms with Crippen LogP contribution in [0.1, 0.15) is 56.9 Å². The summed E-state index contributed by atoms with van der Waals surface area (Å²) < 4.78 is 6.23. The van der Waals surface area contributed by atoms with Gasteiger partial charge in [-0.05, 0) is 54.5 Å². The van der Waals surface area contributed by atoms with Gasteiger partial charge in [-0.2, -0.15) is 0 Å². The molecule has 2 rings (SSSR count). The monoisotopic (exact) mass is 378 g/mol. The number of carboxylic acid groups (broad SMARTS) is 1. The van der Waals surface area contributed by atoms with Gasteiger partial charge in [0.2, 0.25) is 0 Å². The van der Waals surface area contributed by atoms with Gasteiger partial charge in [-0.25, -0.2) is 0 Å². The van der Waals surface area contributed by atoms with Gasteiger partial charge in [0, 0.05) is 17.5 Å². The highest BCUT2D eigenvalue weighted by Gasteiger charge is 2.25. The van der Waals surface area contributed by atoms with Crippen LogP contribution < -0.4 is 4.74 Å². The first-order valence-electron chi connectivity index (χ1n) is 9.62. The summed E-state index contributed by atoms with van der Waals surface area (Å²) in [4.78, 5) is 10.9. The number of carboxylic acids is 1. The number of ether oxygens (including phenoxy) is 1. The van der Waals surface area contributed by atoms with Gasteiger partial charge in [0.25, 0.3) is 0 Å². The fourth-order valence-corrected chi connectivity index (χ4v) is 3.33. The Hall–Kier alpha value is -2.73. The van der Waals surface area contributed by atoms with Gasteiger partial charge >= 0.3 is 5.97 Å². The molecule has 28 heavy (non-hydrogen) atoms. The molecule has 3 nitrogen and oxygen atoms in total. The van der Waals surface area contributed by atoms with E-state index in [1.807, 2.05) is 38.1 Å². The number of aliphatic carboxylic acids is 1. The Morgan fingerprint density at radius 3 is 2.29 bits per heavy atom. The van der Waals surface area contributed by atoms with Crippen molar-refractivity contribution in [3.8, 4) is 29.2 Å². The predicted octanol–water partition coefficient (Wildman–Crippen LogP) is 5.55. The zero-order valence-corrected chi connectivity index (χ0v) is 17.7. The zero-order chi connectivity index (χ0) is 21.1. The van der Waals surface area contributed by atoms with Crippen molar-refractivity contribution in [2.75, 3.05) is 0 Å². The average molecular weight is 379 g/mol. The van der Waals surface area contributed by atoms with E-state index >= 15 is 0 Å². The predicted molar refractivity (Wildman–Crippen MR) is 115 cm³/mol. The van der Waals surface area contributed by atoms with Gasteiger partial charge in [-0.15, -0.1) is 12.3 Å². The molecule has 0 aliphatic heterocycles. The van der Waals surface area contributed by atoms with Crippen LogP contribution >= 0.6 is 0 Å². The molecule has 2 aromatic rings. The SMILES string of the molecule is C#CCc1c(C)c(-c2ccc(CC(=O)O)cc2)cc(C(C)(C)C)c1OC(C)C. The highest BCUT2D eigenvalue weighted by Crippen LogP contribution is 2.41. The fourth-order valence-electron chi connectivity index (χ4n) is 3.33. The van der Waals surface area contributed by atoms with E-state index in [0.29, 0.717) is 6.42 Å². The van der Waals surface area contributed by atoms with Crippen LogP contribution in [0, 0.1) is 19.3 Å². The number of benzene rings is 2. The van der Waals surface area contributed by atoms with E-state index in [1.54, 1.807) is 0 Å². The smallest absolute Gasteiger partial charge is 0.307 e. The van der Waals surface area contributed by atoms with Crippen molar-refractivity contribution in [1.82, 2.24) is 0 Å². The van der Waals surface area contributed by atoms with Gasteiger partial charge in [0.1, 0.15) is 5.75 Å². The van der Waals surface area contributed by atoms with Gasteiger partial charge in [-0.3, -0.25) is 4.79 Å². The lowest BCUT2D eigenvalue weighted by molar-refractivity contribution is -0.136. The van der Waals surface area contributed by atoms with E-state index in [2.05, 4.69) is 39.7 Å². The summed E-state index contributed by atoms with van der Waals surface area (Å²) in [5.74, 6) is 2.85. The standard InChI is InChI=1S/C25H30O3/c1-8-9-20-17(4)21(19-12-10-18(11-13-19)14-23(26)27)15-22(25(5,6)7)24(20)28-16(2)3/h1,10-13,15-16H,9,14H2,2-7H3,(H,26,27). The summed E-state index contributed by atoms with van der Waals surface area (Å²) in [6.45, 7) is 12.6. The highest BCUT2D eigenvalue weighted by molar-refractivity contribution is 5.74. The molecule has 0 radical (unpaired) electrons. The maximum absolute atomic E-state index is 10.9. The second-order valence-corrected chi connectivity index (χ2v) is 8.47. The van der Waals surface area contributed by atoms with Crippen LogP contribution in [0.15, 0.2) is 30.3 Å². The van der Waals surface area contributed by atoms with E-state index < -0.39 is 5.97 Å². The molecule has 0 spiro atoms. The molecule has 1 N–H and O–H groups in total. The fraction of sp³-hybridized carbons (Fsp3) is 0.400. The van der Waals surface area contributed by atoms with E-state index in [0.717, 1.165) is 39.1 Å². The Labute approximate surface area is 168 Å². The highest BCUT2D eigenvalue weighted by atomic mass is 16.5. The number of hydrogen-bond donors (Lipinski definition) is 1. The van der Waals surface area contributed by atoms with Gasteiger partial charge in [0.05, 0.1) is 12.5 Å². The molecule has 0 unspecified atom stereocenters. The summed E-state index contributed by atoms with van der Waals surface area (Å²) >= 11 is 0. The summed E-state index contributed by atoms with van der Waals surface area (Å²) in [6.07, 6.45) is 6.26. The van der Waals surface area contributed by atoms with Crippen molar-refractivity contribution in [2.45, 2.75) is 65.9 Å². The number of carbonyl (C=O) groups is 1. The molecule has 0 aromatic heterocycles. The first-order valence-corrected chi connectivity index (χ1v) is 9.62. The van der Waals surface area contributed by atoms with Crippen molar-refractivity contribution in [3.63, 3.8) is 0 Å². The minimum atomic E-state index is -0.828. The largest absolute Gasteiger partial charge is 0.490 e.